The normalized spacial score (nSPS) is 33.2. The van der Waals surface area contributed by atoms with Gasteiger partial charge in [0.05, 0.1) is 0 Å². The van der Waals surface area contributed by atoms with Gasteiger partial charge in [-0.05, 0) is 57.3 Å². The first kappa shape index (κ1) is 17.7. The quantitative estimate of drug-likeness (QED) is 0.350. The van der Waals surface area contributed by atoms with Gasteiger partial charge < -0.3 is 14.4 Å². The van der Waals surface area contributed by atoms with Crippen molar-refractivity contribution in [1.29, 1.82) is 0 Å². The number of hydrogen-bond acceptors (Lipinski definition) is 5. The van der Waals surface area contributed by atoms with Crippen LogP contribution in [0.1, 0.15) is 37.3 Å². The second-order valence-electron chi connectivity index (χ2n) is 8.38. The topological polar surface area (TPSA) is 55.8 Å². The first-order chi connectivity index (χ1) is 13.6. The van der Waals surface area contributed by atoms with Crippen LogP contribution in [0.15, 0.2) is 36.4 Å². The van der Waals surface area contributed by atoms with Crippen molar-refractivity contribution in [1.82, 2.24) is 4.90 Å². The van der Waals surface area contributed by atoms with E-state index in [0.29, 0.717) is 29.9 Å². The zero-order valence-electron chi connectivity index (χ0n) is 16.3. The number of piperidine rings is 1. The molecule has 5 nitrogen and oxygen atoms in total. The number of nitrogens with zero attached hydrogens (tertiary/aromatic N) is 1. The average Bonchev–Trinajstić information content (AvgIpc) is 3.03. The highest BCUT2D eigenvalue weighted by Crippen LogP contribution is 2.63. The Hall–Kier alpha value is -2.40. The number of rotatable bonds is 3. The number of hydrogen-bond donors (Lipinski definition) is 0. The van der Waals surface area contributed by atoms with Crippen LogP contribution in [0.5, 0.6) is 11.5 Å². The molecule has 1 saturated carbocycles. The SMILES string of the molecule is C/C=C/C=C/C(=O)Oc1ccc2c3c1O[C@H]1C(=O)CC[C@H]4[C@@H](C2)N(C)CC[C@]314. The summed E-state index contributed by atoms with van der Waals surface area (Å²) < 4.78 is 11.9. The van der Waals surface area contributed by atoms with Gasteiger partial charge >= 0.3 is 5.97 Å². The van der Waals surface area contributed by atoms with E-state index >= 15 is 0 Å². The third kappa shape index (κ3) is 2.29. The van der Waals surface area contributed by atoms with Gasteiger partial charge in [-0.2, -0.15) is 0 Å². The zero-order chi connectivity index (χ0) is 19.5. The fourth-order valence-corrected chi connectivity index (χ4v) is 5.98. The molecule has 2 fully saturated rings. The molecule has 5 heteroatoms. The number of esters is 1. The van der Waals surface area contributed by atoms with Crippen molar-refractivity contribution in [2.24, 2.45) is 5.92 Å². The van der Waals surface area contributed by atoms with E-state index in [-0.39, 0.29) is 11.2 Å². The number of benzene rings is 1. The lowest BCUT2D eigenvalue weighted by molar-refractivity contribution is -0.138. The van der Waals surface area contributed by atoms with Crippen molar-refractivity contribution in [3.05, 3.63) is 47.6 Å². The summed E-state index contributed by atoms with van der Waals surface area (Å²) in [6, 6.07) is 4.33. The highest BCUT2D eigenvalue weighted by Gasteiger charge is 2.65. The number of likely N-dealkylation sites (N-methyl/N-ethyl adjacent to an activating group) is 1. The van der Waals surface area contributed by atoms with Crippen molar-refractivity contribution in [2.75, 3.05) is 13.6 Å². The minimum Gasteiger partial charge on any atom is -0.477 e. The summed E-state index contributed by atoms with van der Waals surface area (Å²) in [5, 5.41) is 0. The molecule has 4 aliphatic rings. The standard InChI is InChI=1S/C23H25NO4/c1-3-4-5-6-19(26)27-18-10-7-14-13-16-15-8-9-17(25)22-23(15,11-12-24(16)2)20(14)21(18)28-22/h3-7,10,15-16,22H,8-9,11-13H2,1-2H3/b4-3+,6-5+/t15-,16+,22-,23-/m0/s1. The van der Waals surface area contributed by atoms with Crippen molar-refractivity contribution in [2.45, 2.75) is 50.2 Å². The van der Waals surface area contributed by atoms with Gasteiger partial charge in [0, 0.05) is 29.5 Å². The van der Waals surface area contributed by atoms with Gasteiger partial charge in [0.2, 0.25) is 0 Å². The van der Waals surface area contributed by atoms with Crippen LogP contribution in [0.2, 0.25) is 0 Å². The van der Waals surface area contributed by atoms with Crippen LogP contribution in [0, 0.1) is 5.92 Å². The maximum absolute atomic E-state index is 12.8. The predicted octanol–water partition coefficient (Wildman–Crippen LogP) is 2.96. The Morgan fingerprint density at radius 2 is 2.21 bits per heavy atom. The smallest absolute Gasteiger partial charge is 0.336 e. The molecule has 0 N–H and O–H groups in total. The maximum atomic E-state index is 12.8. The van der Waals surface area contributed by atoms with Gasteiger partial charge in [0.1, 0.15) is 0 Å². The molecular weight excluding hydrogens is 354 g/mol. The summed E-state index contributed by atoms with van der Waals surface area (Å²) in [4.78, 5) is 27.5. The van der Waals surface area contributed by atoms with E-state index in [1.54, 1.807) is 12.2 Å². The van der Waals surface area contributed by atoms with Crippen molar-refractivity contribution in [3.8, 4) is 11.5 Å². The first-order valence-electron chi connectivity index (χ1n) is 10.1. The minimum atomic E-state index is -0.440. The van der Waals surface area contributed by atoms with Crippen molar-refractivity contribution in [3.63, 3.8) is 0 Å². The number of carbonyl (C=O) groups excluding carboxylic acids is 2. The van der Waals surface area contributed by atoms with Crippen LogP contribution < -0.4 is 9.47 Å². The Morgan fingerprint density at radius 3 is 3.04 bits per heavy atom. The molecule has 2 aliphatic carbocycles. The molecule has 28 heavy (non-hydrogen) atoms. The molecule has 1 spiro atoms. The lowest BCUT2D eigenvalue weighted by atomic mass is 9.52. The largest absolute Gasteiger partial charge is 0.477 e. The summed E-state index contributed by atoms with van der Waals surface area (Å²) in [6.07, 6.45) is 9.61. The maximum Gasteiger partial charge on any atom is 0.336 e. The Morgan fingerprint density at radius 1 is 1.36 bits per heavy atom. The molecule has 4 atom stereocenters. The van der Waals surface area contributed by atoms with Gasteiger partial charge in [0.15, 0.2) is 23.4 Å². The van der Waals surface area contributed by atoms with Crippen LogP contribution in [-0.4, -0.2) is 42.4 Å². The van der Waals surface area contributed by atoms with E-state index in [4.69, 9.17) is 9.47 Å². The molecule has 5 rings (SSSR count). The van der Waals surface area contributed by atoms with Gasteiger partial charge in [0.25, 0.3) is 0 Å². The molecule has 1 saturated heterocycles. The van der Waals surface area contributed by atoms with Crippen LogP contribution >= 0.6 is 0 Å². The summed E-state index contributed by atoms with van der Waals surface area (Å²) in [5.74, 6) is 1.22. The number of ketones is 1. The van der Waals surface area contributed by atoms with E-state index in [0.717, 1.165) is 31.4 Å². The van der Waals surface area contributed by atoms with Gasteiger partial charge in [-0.15, -0.1) is 0 Å². The highest BCUT2D eigenvalue weighted by molar-refractivity contribution is 5.90. The first-order valence-corrected chi connectivity index (χ1v) is 10.1. The van der Waals surface area contributed by atoms with E-state index in [2.05, 4.69) is 18.0 Å². The molecule has 2 aliphatic heterocycles. The zero-order valence-corrected chi connectivity index (χ0v) is 16.3. The molecule has 2 bridgehead atoms. The van der Waals surface area contributed by atoms with E-state index in [1.165, 1.54) is 11.6 Å². The van der Waals surface area contributed by atoms with Gasteiger partial charge in [-0.25, -0.2) is 4.79 Å². The minimum absolute atomic E-state index is 0.189. The highest BCUT2D eigenvalue weighted by atomic mass is 16.6. The summed E-state index contributed by atoms with van der Waals surface area (Å²) in [7, 11) is 2.19. The fourth-order valence-electron chi connectivity index (χ4n) is 5.98. The Bertz CT molecular complexity index is 917. The monoisotopic (exact) mass is 379 g/mol. The lowest BCUT2D eigenvalue weighted by Crippen LogP contribution is -2.65. The Kier molecular flexibility index (Phi) is 3.98. The Balaban J connectivity index is 1.60. The molecule has 0 amide bonds. The van der Waals surface area contributed by atoms with Gasteiger partial charge in [-0.3, -0.25) is 4.79 Å². The molecule has 0 unspecified atom stereocenters. The fraction of sp³-hybridized carbons (Fsp3) is 0.478. The second-order valence-corrected chi connectivity index (χ2v) is 8.38. The van der Waals surface area contributed by atoms with E-state index in [9.17, 15) is 9.59 Å². The van der Waals surface area contributed by atoms with E-state index < -0.39 is 12.1 Å². The van der Waals surface area contributed by atoms with Crippen molar-refractivity contribution >= 4 is 11.8 Å². The summed E-state index contributed by atoms with van der Waals surface area (Å²) in [6.45, 7) is 2.85. The predicted molar refractivity (Wildman–Crippen MR) is 105 cm³/mol. The number of likely N-dealkylation sites (tertiary alicyclic amines) is 1. The third-order valence-corrected chi connectivity index (χ3v) is 7.12. The number of allylic oxidation sites excluding steroid dienone is 3. The lowest BCUT2D eigenvalue weighted by Gasteiger charge is -2.57. The van der Waals surface area contributed by atoms with Crippen LogP contribution in [0.25, 0.3) is 0 Å². The molecule has 2 heterocycles. The summed E-state index contributed by atoms with van der Waals surface area (Å²) in [5.41, 5.74) is 2.13. The van der Waals surface area contributed by atoms with Gasteiger partial charge in [-0.1, -0.05) is 24.3 Å². The average molecular weight is 379 g/mol. The number of Topliss-reactive ketones (excluding diaryl/α,β-unsaturated/α-hetero) is 1. The van der Waals surface area contributed by atoms with Crippen molar-refractivity contribution < 1.29 is 19.1 Å². The molecule has 1 aromatic carbocycles. The molecular formula is C23H25NO4. The number of carbonyl (C=O) groups is 2. The summed E-state index contributed by atoms with van der Waals surface area (Å²) >= 11 is 0. The Labute approximate surface area is 165 Å². The third-order valence-electron chi connectivity index (χ3n) is 7.12. The van der Waals surface area contributed by atoms with Crippen LogP contribution in [0.4, 0.5) is 0 Å². The van der Waals surface area contributed by atoms with E-state index in [1.807, 2.05) is 19.1 Å². The van der Waals surface area contributed by atoms with Crippen LogP contribution in [0.3, 0.4) is 0 Å². The molecule has 0 aromatic heterocycles. The van der Waals surface area contributed by atoms with Crippen LogP contribution in [-0.2, 0) is 21.4 Å². The molecule has 146 valence electrons. The number of ether oxygens (including phenoxy) is 2. The second kappa shape index (κ2) is 6.31. The molecule has 0 radical (unpaired) electrons. The molecule has 1 aromatic rings.